The molecule has 1 heterocycles. The molecule has 5 nitrogen and oxygen atoms in total. The molecular weight excluding hydrogens is 352 g/mol. The number of aryl methyl sites for hydroxylation is 3. The maximum atomic E-state index is 12.5. The second kappa shape index (κ2) is 9.11. The Morgan fingerprint density at radius 1 is 1.11 bits per heavy atom. The number of likely N-dealkylation sites (tertiary alicyclic amines) is 1. The van der Waals surface area contributed by atoms with E-state index in [1.165, 1.54) is 11.1 Å². The van der Waals surface area contributed by atoms with Crippen molar-refractivity contribution in [2.75, 3.05) is 32.1 Å². The SMILES string of the molecule is COc1ccc(C)cc1NC(=O)CN1CCC(Oc2c(C)cccc2C)CC1. The molecule has 1 aliphatic heterocycles. The van der Waals surface area contributed by atoms with Gasteiger partial charge in [-0.15, -0.1) is 0 Å². The third-order valence-corrected chi connectivity index (χ3v) is 5.22. The highest BCUT2D eigenvalue weighted by molar-refractivity contribution is 5.93. The molecule has 1 N–H and O–H groups in total. The van der Waals surface area contributed by atoms with Gasteiger partial charge in [0, 0.05) is 13.1 Å². The van der Waals surface area contributed by atoms with Gasteiger partial charge in [0.25, 0.3) is 0 Å². The maximum absolute atomic E-state index is 12.5. The lowest BCUT2D eigenvalue weighted by atomic mass is 10.1. The minimum Gasteiger partial charge on any atom is -0.495 e. The summed E-state index contributed by atoms with van der Waals surface area (Å²) in [5, 5.41) is 2.98. The summed E-state index contributed by atoms with van der Waals surface area (Å²) in [6.45, 7) is 8.26. The summed E-state index contributed by atoms with van der Waals surface area (Å²) in [4.78, 5) is 14.7. The van der Waals surface area contributed by atoms with Crippen LogP contribution < -0.4 is 14.8 Å². The number of rotatable bonds is 6. The Bertz CT molecular complexity index is 806. The van der Waals surface area contributed by atoms with E-state index in [4.69, 9.17) is 9.47 Å². The lowest BCUT2D eigenvalue weighted by molar-refractivity contribution is -0.117. The van der Waals surface area contributed by atoms with Crippen LogP contribution in [0.2, 0.25) is 0 Å². The first-order valence-corrected chi connectivity index (χ1v) is 9.86. The number of hydrogen-bond acceptors (Lipinski definition) is 4. The highest BCUT2D eigenvalue weighted by Crippen LogP contribution is 2.27. The molecule has 2 aromatic carbocycles. The second-order valence-corrected chi connectivity index (χ2v) is 7.57. The van der Waals surface area contributed by atoms with Crippen molar-refractivity contribution in [3.05, 3.63) is 53.1 Å². The van der Waals surface area contributed by atoms with E-state index < -0.39 is 0 Å². The van der Waals surface area contributed by atoms with E-state index in [9.17, 15) is 4.79 Å². The summed E-state index contributed by atoms with van der Waals surface area (Å²) >= 11 is 0. The lowest BCUT2D eigenvalue weighted by Crippen LogP contribution is -2.42. The molecule has 0 spiro atoms. The van der Waals surface area contributed by atoms with Gasteiger partial charge in [-0.2, -0.15) is 0 Å². The average molecular weight is 383 g/mol. The topological polar surface area (TPSA) is 50.8 Å². The number of amides is 1. The molecule has 0 saturated carbocycles. The number of anilines is 1. The summed E-state index contributed by atoms with van der Waals surface area (Å²) in [5.74, 6) is 1.67. The number of nitrogens with zero attached hydrogens (tertiary/aromatic N) is 1. The lowest BCUT2D eigenvalue weighted by Gasteiger charge is -2.32. The van der Waals surface area contributed by atoms with Crippen LogP contribution >= 0.6 is 0 Å². The van der Waals surface area contributed by atoms with E-state index in [0.717, 1.165) is 42.9 Å². The standard InChI is InChI=1S/C23H30N2O3/c1-16-8-9-21(27-4)20(14-16)24-22(26)15-25-12-10-19(11-13-25)28-23-17(2)6-5-7-18(23)3/h5-9,14,19H,10-13,15H2,1-4H3,(H,24,26). The number of benzene rings is 2. The van der Waals surface area contributed by atoms with Gasteiger partial charge in [0.1, 0.15) is 17.6 Å². The number of hydrogen-bond donors (Lipinski definition) is 1. The number of nitrogens with one attached hydrogen (secondary N) is 1. The molecule has 0 aromatic heterocycles. The quantitative estimate of drug-likeness (QED) is 0.817. The van der Waals surface area contributed by atoms with Gasteiger partial charge in [-0.05, 0) is 62.4 Å². The van der Waals surface area contributed by atoms with Crippen LogP contribution in [0.5, 0.6) is 11.5 Å². The Balaban J connectivity index is 1.50. The minimum atomic E-state index is -0.0157. The van der Waals surface area contributed by atoms with Crippen LogP contribution in [0.3, 0.4) is 0 Å². The first-order valence-electron chi connectivity index (χ1n) is 9.86. The molecule has 3 rings (SSSR count). The molecule has 0 atom stereocenters. The van der Waals surface area contributed by atoms with E-state index in [2.05, 4.69) is 42.3 Å². The van der Waals surface area contributed by atoms with E-state index in [0.29, 0.717) is 12.3 Å². The molecule has 5 heteroatoms. The first-order chi connectivity index (χ1) is 13.5. The molecule has 2 aromatic rings. The molecule has 1 fully saturated rings. The maximum Gasteiger partial charge on any atom is 0.238 e. The zero-order chi connectivity index (χ0) is 20.1. The monoisotopic (exact) mass is 382 g/mol. The van der Waals surface area contributed by atoms with Gasteiger partial charge in [0.05, 0.1) is 19.3 Å². The van der Waals surface area contributed by atoms with Crippen molar-refractivity contribution in [2.24, 2.45) is 0 Å². The van der Waals surface area contributed by atoms with E-state index >= 15 is 0 Å². The molecule has 1 aliphatic rings. The van der Waals surface area contributed by atoms with Crippen LogP contribution in [0, 0.1) is 20.8 Å². The number of carbonyl (C=O) groups is 1. The predicted octanol–water partition coefficient (Wildman–Crippen LogP) is 4.10. The predicted molar refractivity (Wildman–Crippen MR) is 112 cm³/mol. The second-order valence-electron chi connectivity index (χ2n) is 7.57. The van der Waals surface area contributed by atoms with Crippen molar-refractivity contribution in [1.29, 1.82) is 0 Å². The molecule has 1 amide bonds. The van der Waals surface area contributed by atoms with Crippen molar-refractivity contribution in [1.82, 2.24) is 4.90 Å². The van der Waals surface area contributed by atoms with Crippen LogP contribution in [-0.2, 0) is 4.79 Å². The van der Waals surface area contributed by atoms with Gasteiger partial charge >= 0.3 is 0 Å². The average Bonchev–Trinajstić information content (AvgIpc) is 2.66. The highest BCUT2D eigenvalue weighted by Gasteiger charge is 2.23. The Hall–Kier alpha value is -2.53. The molecular formula is C23H30N2O3. The van der Waals surface area contributed by atoms with Crippen molar-refractivity contribution in [2.45, 2.75) is 39.7 Å². The molecule has 150 valence electrons. The van der Waals surface area contributed by atoms with Crippen LogP contribution in [0.15, 0.2) is 36.4 Å². The summed E-state index contributed by atoms with van der Waals surface area (Å²) in [7, 11) is 1.61. The number of para-hydroxylation sites is 1. The Labute approximate surface area is 167 Å². The van der Waals surface area contributed by atoms with Gasteiger partial charge < -0.3 is 14.8 Å². The summed E-state index contributed by atoms with van der Waals surface area (Å²) in [5.41, 5.74) is 4.16. The fourth-order valence-electron chi connectivity index (χ4n) is 3.65. The van der Waals surface area contributed by atoms with Crippen LogP contribution in [0.4, 0.5) is 5.69 Å². The van der Waals surface area contributed by atoms with Crippen molar-refractivity contribution < 1.29 is 14.3 Å². The fourth-order valence-corrected chi connectivity index (χ4v) is 3.65. The molecule has 0 radical (unpaired) electrons. The van der Waals surface area contributed by atoms with Gasteiger partial charge in [-0.1, -0.05) is 24.3 Å². The molecule has 0 bridgehead atoms. The Morgan fingerprint density at radius 3 is 2.43 bits per heavy atom. The van der Waals surface area contributed by atoms with Gasteiger partial charge in [-0.3, -0.25) is 9.69 Å². The number of carbonyl (C=O) groups excluding carboxylic acids is 1. The van der Waals surface area contributed by atoms with Crippen LogP contribution in [0.25, 0.3) is 0 Å². The zero-order valence-electron chi connectivity index (χ0n) is 17.2. The largest absolute Gasteiger partial charge is 0.495 e. The summed E-state index contributed by atoms with van der Waals surface area (Å²) in [6.07, 6.45) is 2.06. The highest BCUT2D eigenvalue weighted by atomic mass is 16.5. The van der Waals surface area contributed by atoms with Gasteiger partial charge in [0.15, 0.2) is 0 Å². The first kappa shape index (κ1) is 20.2. The molecule has 0 unspecified atom stereocenters. The van der Waals surface area contributed by atoms with Crippen molar-refractivity contribution in [3.8, 4) is 11.5 Å². The fraction of sp³-hybridized carbons (Fsp3) is 0.435. The smallest absolute Gasteiger partial charge is 0.238 e. The van der Waals surface area contributed by atoms with E-state index in [1.807, 2.05) is 25.1 Å². The van der Waals surface area contributed by atoms with Crippen LogP contribution in [0.1, 0.15) is 29.5 Å². The number of ether oxygens (including phenoxy) is 2. The van der Waals surface area contributed by atoms with E-state index in [-0.39, 0.29) is 12.0 Å². The summed E-state index contributed by atoms with van der Waals surface area (Å²) < 4.78 is 11.6. The van der Waals surface area contributed by atoms with Gasteiger partial charge in [0.2, 0.25) is 5.91 Å². The van der Waals surface area contributed by atoms with E-state index in [1.54, 1.807) is 7.11 Å². The summed E-state index contributed by atoms with van der Waals surface area (Å²) in [6, 6.07) is 12.0. The van der Waals surface area contributed by atoms with Crippen LogP contribution in [-0.4, -0.2) is 43.7 Å². The molecule has 28 heavy (non-hydrogen) atoms. The Morgan fingerprint density at radius 2 is 1.79 bits per heavy atom. The molecule has 0 aliphatic carbocycles. The molecule has 1 saturated heterocycles. The minimum absolute atomic E-state index is 0.0157. The van der Waals surface area contributed by atoms with Crippen molar-refractivity contribution >= 4 is 11.6 Å². The number of piperidine rings is 1. The number of methoxy groups -OCH3 is 1. The van der Waals surface area contributed by atoms with Crippen molar-refractivity contribution in [3.63, 3.8) is 0 Å². The Kier molecular flexibility index (Phi) is 6.57. The third kappa shape index (κ3) is 5.04. The van der Waals surface area contributed by atoms with Gasteiger partial charge in [-0.25, -0.2) is 0 Å². The third-order valence-electron chi connectivity index (χ3n) is 5.22. The zero-order valence-corrected chi connectivity index (χ0v) is 17.2. The normalized spacial score (nSPS) is 15.3.